The van der Waals surface area contributed by atoms with Crippen LogP contribution >= 0.6 is 22.6 Å². The average molecular weight is 554 g/mol. The minimum atomic E-state index is -0.492. The number of rotatable bonds is 4. The van der Waals surface area contributed by atoms with E-state index in [4.69, 9.17) is 19.2 Å². The van der Waals surface area contributed by atoms with Crippen LogP contribution < -0.4 is 15.0 Å². The van der Waals surface area contributed by atoms with Gasteiger partial charge in [-0.05, 0) is 75.1 Å². The van der Waals surface area contributed by atoms with Gasteiger partial charge in [-0.1, -0.05) is 0 Å². The highest BCUT2D eigenvalue weighted by Gasteiger charge is 2.27. The van der Waals surface area contributed by atoms with Gasteiger partial charge >= 0.3 is 6.09 Å². The zero-order chi connectivity index (χ0) is 22.7. The molecular formula is C23H31IN4O4. The van der Waals surface area contributed by atoms with Crippen molar-refractivity contribution >= 4 is 45.4 Å². The molecule has 0 aromatic carbocycles. The third-order valence-electron chi connectivity index (χ3n) is 5.61. The van der Waals surface area contributed by atoms with Crippen LogP contribution in [0.5, 0.6) is 5.88 Å². The fourth-order valence-corrected chi connectivity index (χ4v) is 4.51. The monoisotopic (exact) mass is 554 g/mol. The van der Waals surface area contributed by atoms with E-state index in [-0.39, 0.29) is 18.2 Å². The maximum Gasteiger partial charge on any atom is 0.407 e. The number of alkyl carbamates (subject to hydrolysis) is 1. The van der Waals surface area contributed by atoms with E-state index in [9.17, 15) is 4.79 Å². The summed E-state index contributed by atoms with van der Waals surface area (Å²) in [6.07, 6.45) is 4.96. The van der Waals surface area contributed by atoms with Gasteiger partial charge < -0.3 is 24.4 Å². The molecule has 0 spiro atoms. The molecule has 2 aromatic heterocycles. The van der Waals surface area contributed by atoms with E-state index < -0.39 is 5.60 Å². The second-order valence-corrected chi connectivity index (χ2v) is 10.6. The van der Waals surface area contributed by atoms with Gasteiger partial charge in [0, 0.05) is 35.0 Å². The van der Waals surface area contributed by atoms with Gasteiger partial charge in [0.15, 0.2) is 0 Å². The van der Waals surface area contributed by atoms with Gasteiger partial charge in [-0.2, -0.15) is 4.98 Å². The topological polar surface area (TPSA) is 85.8 Å². The Kier molecular flexibility index (Phi) is 7.24. The van der Waals surface area contributed by atoms with Crippen molar-refractivity contribution in [1.82, 2.24) is 15.3 Å². The summed E-state index contributed by atoms with van der Waals surface area (Å²) in [6.45, 7) is 8.63. The summed E-state index contributed by atoms with van der Waals surface area (Å²) in [6, 6.07) is 4.21. The second-order valence-electron chi connectivity index (χ2n) is 9.34. The van der Waals surface area contributed by atoms with Crippen LogP contribution in [-0.2, 0) is 9.47 Å². The molecule has 1 saturated heterocycles. The van der Waals surface area contributed by atoms with Gasteiger partial charge in [0.05, 0.1) is 24.1 Å². The second kappa shape index (κ2) is 9.94. The number of amides is 1. The summed E-state index contributed by atoms with van der Waals surface area (Å²) in [5.41, 5.74) is 0.394. The summed E-state index contributed by atoms with van der Waals surface area (Å²) in [5, 5.41) is 3.92. The molecule has 1 aliphatic heterocycles. The van der Waals surface area contributed by atoms with E-state index in [1.54, 1.807) is 0 Å². The van der Waals surface area contributed by atoms with Crippen LogP contribution in [0.3, 0.4) is 0 Å². The quantitative estimate of drug-likeness (QED) is 0.565. The third kappa shape index (κ3) is 6.12. The number of halogens is 1. The molecule has 1 aliphatic carbocycles. The van der Waals surface area contributed by atoms with Crippen LogP contribution in [0, 0.1) is 3.57 Å². The largest absolute Gasteiger partial charge is 0.474 e. The first kappa shape index (κ1) is 23.3. The van der Waals surface area contributed by atoms with Crippen LogP contribution in [0.25, 0.3) is 10.9 Å². The first-order valence-corrected chi connectivity index (χ1v) is 12.3. The minimum Gasteiger partial charge on any atom is -0.474 e. The first-order chi connectivity index (χ1) is 15.3. The normalized spacial score (nSPS) is 21.9. The van der Waals surface area contributed by atoms with Crippen molar-refractivity contribution in [3.8, 4) is 5.88 Å². The van der Waals surface area contributed by atoms with E-state index >= 15 is 0 Å². The minimum absolute atomic E-state index is 0.0557. The molecule has 1 amide bonds. The molecule has 2 aromatic rings. The van der Waals surface area contributed by atoms with Gasteiger partial charge in [-0.25, -0.2) is 4.79 Å². The third-order valence-corrected chi connectivity index (χ3v) is 6.20. The molecule has 0 unspecified atom stereocenters. The number of nitrogens with zero attached hydrogens (tertiary/aromatic N) is 3. The number of hydrogen-bond donors (Lipinski definition) is 1. The van der Waals surface area contributed by atoms with Crippen molar-refractivity contribution in [3.05, 3.63) is 21.9 Å². The number of aromatic nitrogens is 2. The SMILES string of the molecule is CC(C)(C)OC(=O)NC1CCC(Oc2nc(N3CCOCC3)cc3ncc(I)cc23)CC1. The molecular weight excluding hydrogens is 523 g/mol. The van der Waals surface area contributed by atoms with Crippen molar-refractivity contribution in [1.29, 1.82) is 0 Å². The molecule has 2 aliphatic rings. The Bertz CT molecular complexity index is 951. The lowest BCUT2D eigenvalue weighted by atomic mass is 9.93. The molecule has 4 rings (SSSR count). The molecule has 0 atom stereocenters. The summed E-state index contributed by atoms with van der Waals surface area (Å²) < 4.78 is 18.3. The Morgan fingerprint density at radius 1 is 1.19 bits per heavy atom. The number of carbonyl (C=O) groups excluding carboxylic acids is 1. The molecule has 2 fully saturated rings. The number of anilines is 1. The lowest BCUT2D eigenvalue weighted by Gasteiger charge is -2.31. The summed E-state index contributed by atoms with van der Waals surface area (Å²) in [7, 11) is 0. The van der Waals surface area contributed by atoms with Crippen molar-refractivity contribution in [2.24, 2.45) is 0 Å². The van der Waals surface area contributed by atoms with Crippen LogP contribution in [0.2, 0.25) is 0 Å². The number of nitrogens with one attached hydrogen (secondary N) is 1. The molecule has 1 N–H and O–H groups in total. The Morgan fingerprint density at radius 3 is 2.59 bits per heavy atom. The van der Waals surface area contributed by atoms with Crippen molar-refractivity contribution < 1.29 is 19.0 Å². The van der Waals surface area contributed by atoms with Gasteiger partial charge in [0.2, 0.25) is 5.88 Å². The first-order valence-electron chi connectivity index (χ1n) is 11.2. The van der Waals surface area contributed by atoms with Gasteiger partial charge in [0.1, 0.15) is 17.5 Å². The Morgan fingerprint density at radius 2 is 1.91 bits per heavy atom. The van der Waals surface area contributed by atoms with Crippen molar-refractivity contribution in [3.63, 3.8) is 0 Å². The van der Waals surface area contributed by atoms with Crippen LogP contribution in [-0.4, -0.2) is 60.1 Å². The van der Waals surface area contributed by atoms with Crippen LogP contribution in [0.15, 0.2) is 18.3 Å². The van der Waals surface area contributed by atoms with E-state index in [0.717, 1.165) is 59.1 Å². The highest BCUT2D eigenvalue weighted by atomic mass is 127. The Hall–Kier alpha value is -1.88. The number of ether oxygens (including phenoxy) is 3. The maximum atomic E-state index is 12.1. The fraction of sp³-hybridized carbons (Fsp3) is 0.609. The lowest BCUT2D eigenvalue weighted by Crippen LogP contribution is -2.42. The number of fused-ring (bicyclic) bond motifs is 1. The summed E-state index contributed by atoms with van der Waals surface area (Å²) in [5.74, 6) is 1.52. The van der Waals surface area contributed by atoms with Gasteiger partial charge in [-0.3, -0.25) is 4.98 Å². The predicted octanol–water partition coefficient (Wildman–Crippen LogP) is 4.29. The summed E-state index contributed by atoms with van der Waals surface area (Å²) in [4.78, 5) is 23.8. The van der Waals surface area contributed by atoms with Crippen LogP contribution in [0.4, 0.5) is 10.6 Å². The van der Waals surface area contributed by atoms with Gasteiger partial charge in [0.25, 0.3) is 0 Å². The van der Waals surface area contributed by atoms with Crippen LogP contribution in [0.1, 0.15) is 46.5 Å². The fourth-order valence-electron chi connectivity index (χ4n) is 4.06. The number of morpholine rings is 1. The highest BCUT2D eigenvalue weighted by molar-refractivity contribution is 14.1. The summed E-state index contributed by atoms with van der Waals surface area (Å²) >= 11 is 2.27. The molecule has 174 valence electrons. The highest BCUT2D eigenvalue weighted by Crippen LogP contribution is 2.32. The Balaban J connectivity index is 1.44. The van der Waals surface area contributed by atoms with Gasteiger partial charge in [-0.15, -0.1) is 0 Å². The Labute approximate surface area is 202 Å². The molecule has 8 nitrogen and oxygen atoms in total. The smallest absolute Gasteiger partial charge is 0.407 e. The van der Waals surface area contributed by atoms with Crippen molar-refractivity contribution in [2.75, 3.05) is 31.2 Å². The molecule has 0 bridgehead atoms. The van der Waals surface area contributed by atoms with Crippen molar-refractivity contribution in [2.45, 2.75) is 64.2 Å². The van der Waals surface area contributed by atoms with E-state index in [1.165, 1.54) is 0 Å². The number of pyridine rings is 2. The molecule has 3 heterocycles. The molecule has 1 saturated carbocycles. The molecule has 9 heteroatoms. The number of carbonyl (C=O) groups is 1. The van der Waals surface area contributed by atoms with E-state index in [2.05, 4.69) is 43.9 Å². The van der Waals surface area contributed by atoms with E-state index in [1.807, 2.05) is 33.0 Å². The maximum absolute atomic E-state index is 12.1. The zero-order valence-electron chi connectivity index (χ0n) is 18.9. The zero-order valence-corrected chi connectivity index (χ0v) is 21.1. The predicted molar refractivity (Wildman–Crippen MR) is 131 cm³/mol. The standard InChI is InChI=1S/C23H31IN4O4/c1-23(2,3)32-22(29)26-16-4-6-17(7-5-16)31-21-18-12-15(24)14-25-19(18)13-20(27-21)28-8-10-30-11-9-28/h12-14,16-17H,4-11H2,1-3H3,(H,26,29). The number of hydrogen-bond acceptors (Lipinski definition) is 7. The molecule has 0 radical (unpaired) electrons. The van der Waals surface area contributed by atoms with E-state index in [0.29, 0.717) is 19.1 Å². The average Bonchev–Trinajstić information content (AvgIpc) is 2.74. The molecule has 32 heavy (non-hydrogen) atoms. The lowest BCUT2D eigenvalue weighted by molar-refractivity contribution is 0.0470.